The zero-order chi connectivity index (χ0) is 21.2. The van der Waals surface area contributed by atoms with Gasteiger partial charge in [-0.25, -0.2) is 4.39 Å². The van der Waals surface area contributed by atoms with Crippen LogP contribution in [0.5, 0.6) is 5.75 Å². The van der Waals surface area contributed by atoms with Gasteiger partial charge in [-0.1, -0.05) is 30.3 Å². The van der Waals surface area contributed by atoms with Crippen LogP contribution in [0, 0.1) is 5.82 Å². The van der Waals surface area contributed by atoms with Gasteiger partial charge in [0.2, 0.25) is 11.8 Å². The highest BCUT2D eigenvalue weighted by Gasteiger charge is 2.07. The average Bonchev–Trinajstić information content (AvgIpc) is 2.75. The van der Waals surface area contributed by atoms with Crippen LogP contribution in [-0.4, -0.2) is 25.0 Å². The van der Waals surface area contributed by atoms with Gasteiger partial charge in [0.25, 0.3) is 0 Å². The van der Waals surface area contributed by atoms with Crippen molar-refractivity contribution in [3.63, 3.8) is 0 Å². The molecule has 6 nitrogen and oxygen atoms in total. The second-order valence-corrected chi connectivity index (χ2v) is 6.39. The fraction of sp³-hybridized carbons (Fsp3) is 0.130. The fourth-order valence-corrected chi connectivity index (χ4v) is 2.54. The van der Waals surface area contributed by atoms with Gasteiger partial charge < -0.3 is 20.1 Å². The van der Waals surface area contributed by atoms with E-state index in [0.29, 0.717) is 23.7 Å². The first-order valence-corrected chi connectivity index (χ1v) is 9.28. The van der Waals surface area contributed by atoms with Crippen molar-refractivity contribution < 1.29 is 23.5 Å². The van der Waals surface area contributed by atoms with Crippen molar-refractivity contribution >= 4 is 23.2 Å². The molecule has 0 atom stereocenters. The van der Waals surface area contributed by atoms with E-state index in [9.17, 15) is 14.0 Å². The highest BCUT2D eigenvalue weighted by molar-refractivity contribution is 5.93. The predicted molar refractivity (Wildman–Crippen MR) is 112 cm³/mol. The zero-order valence-corrected chi connectivity index (χ0v) is 16.1. The molecular weight excluding hydrogens is 387 g/mol. The van der Waals surface area contributed by atoms with Crippen molar-refractivity contribution in [2.45, 2.75) is 6.61 Å². The predicted octanol–water partition coefficient (Wildman–Crippen LogP) is 4.00. The molecule has 0 aromatic heterocycles. The van der Waals surface area contributed by atoms with Crippen LogP contribution in [0.1, 0.15) is 5.56 Å². The Morgan fingerprint density at radius 2 is 1.27 bits per heavy atom. The summed E-state index contributed by atoms with van der Waals surface area (Å²) in [5, 5.41) is 5.23. The molecule has 3 aromatic rings. The second-order valence-electron chi connectivity index (χ2n) is 6.39. The first kappa shape index (κ1) is 21.0. The summed E-state index contributed by atoms with van der Waals surface area (Å²) in [5.41, 5.74) is 2.10. The summed E-state index contributed by atoms with van der Waals surface area (Å²) in [7, 11) is 0. The average molecular weight is 408 g/mol. The van der Waals surface area contributed by atoms with Crippen LogP contribution in [0.15, 0.2) is 78.9 Å². The third-order valence-electron chi connectivity index (χ3n) is 3.98. The largest absolute Gasteiger partial charge is 0.489 e. The number of benzene rings is 3. The van der Waals surface area contributed by atoms with Crippen LogP contribution in [0.3, 0.4) is 0 Å². The molecule has 0 saturated carbocycles. The lowest BCUT2D eigenvalue weighted by Gasteiger charge is -2.09. The third-order valence-corrected chi connectivity index (χ3v) is 3.98. The van der Waals surface area contributed by atoms with E-state index in [1.807, 2.05) is 30.3 Å². The molecule has 0 fully saturated rings. The van der Waals surface area contributed by atoms with E-state index in [1.54, 1.807) is 24.3 Å². The van der Waals surface area contributed by atoms with Gasteiger partial charge in [0, 0.05) is 11.4 Å². The molecule has 0 heterocycles. The van der Waals surface area contributed by atoms with Crippen molar-refractivity contribution in [3.8, 4) is 5.75 Å². The molecule has 3 rings (SSSR count). The van der Waals surface area contributed by atoms with Crippen LogP contribution in [0.2, 0.25) is 0 Å². The molecule has 0 saturated heterocycles. The van der Waals surface area contributed by atoms with E-state index in [2.05, 4.69) is 10.6 Å². The Morgan fingerprint density at radius 3 is 1.83 bits per heavy atom. The topological polar surface area (TPSA) is 76.7 Å². The standard InChI is InChI=1S/C23H21FN2O4/c24-18-6-8-19(9-7-18)25-22(27)15-29-16-23(28)26-20-10-12-21(13-11-20)30-14-17-4-2-1-3-5-17/h1-13H,14-16H2,(H,25,27)(H,26,28). The summed E-state index contributed by atoms with van der Waals surface area (Å²) in [6.45, 7) is -0.111. The summed E-state index contributed by atoms with van der Waals surface area (Å²) >= 11 is 0. The Morgan fingerprint density at radius 1 is 0.733 bits per heavy atom. The molecule has 0 bridgehead atoms. The number of amides is 2. The van der Waals surface area contributed by atoms with Gasteiger partial charge in [-0.2, -0.15) is 0 Å². The van der Waals surface area contributed by atoms with Crippen LogP contribution in [0.4, 0.5) is 15.8 Å². The lowest BCUT2D eigenvalue weighted by atomic mass is 10.2. The maximum Gasteiger partial charge on any atom is 0.250 e. The summed E-state index contributed by atoms with van der Waals surface area (Å²) < 4.78 is 23.6. The Labute approximate surface area is 173 Å². The van der Waals surface area contributed by atoms with Gasteiger partial charge >= 0.3 is 0 Å². The summed E-state index contributed by atoms with van der Waals surface area (Å²) in [6.07, 6.45) is 0. The lowest BCUT2D eigenvalue weighted by molar-refractivity contribution is -0.125. The van der Waals surface area contributed by atoms with E-state index in [4.69, 9.17) is 9.47 Å². The minimum atomic E-state index is -0.436. The maximum absolute atomic E-state index is 12.8. The highest BCUT2D eigenvalue weighted by Crippen LogP contribution is 2.17. The molecule has 30 heavy (non-hydrogen) atoms. The first-order chi connectivity index (χ1) is 14.6. The Bertz CT molecular complexity index is 961. The fourth-order valence-electron chi connectivity index (χ4n) is 2.54. The van der Waals surface area contributed by atoms with Gasteiger partial charge in [0.15, 0.2) is 0 Å². The molecule has 0 aliphatic carbocycles. The number of halogens is 1. The van der Waals surface area contributed by atoms with E-state index in [-0.39, 0.29) is 19.1 Å². The molecule has 0 radical (unpaired) electrons. The zero-order valence-electron chi connectivity index (χ0n) is 16.1. The molecule has 2 N–H and O–H groups in total. The molecule has 2 amide bonds. The molecule has 3 aromatic carbocycles. The van der Waals surface area contributed by atoms with E-state index < -0.39 is 11.7 Å². The number of hydrogen-bond acceptors (Lipinski definition) is 4. The number of carbonyl (C=O) groups is 2. The molecule has 0 spiro atoms. The normalized spacial score (nSPS) is 10.3. The quantitative estimate of drug-likeness (QED) is 0.561. The van der Waals surface area contributed by atoms with Crippen LogP contribution < -0.4 is 15.4 Å². The summed E-state index contributed by atoms with van der Waals surface area (Å²) in [4.78, 5) is 23.7. The van der Waals surface area contributed by atoms with Gasteiger partial charge in [0.05, 0.1) is 0 Å². The van der Waals surface area contributed by atoms with Crippen LogP contribution >= 0.6 is 0 Å². The van der Waals surface area contributed by atoms with E-state index in [1.165, 1.54) is 24.3 Å². The van der Waals surface area contributed by atoms with Crippen molar-refractivity contribution in [1.82, 2.24) is 0 Å². The number of nitrogens with one attached hydrogen (secondary N) is 2. The van der Waals surface area contributed by atoms with E-state index >= 15 is 0 Å². The molecule has 0 aliphatic rings. The van der Waals surface area contributed by atoms with Crippen LogP contribution in [-0.2, 0) is 20.9 Å². The second kappa shape index (κ2) is 10.7. The van der Waals surface area contributed by atoms with Gasteiger partial charge in [0.1, 0.15) is 31.4 Å². The molecule has 154 valence electrons. The Balaban J connectivity index is 1.36. The van der Waals surface area contributed by atoms with Crippen molar-refractivity contribution in [2.75, 3.05) is 23.8 Å². The SMILES string of the molecule is O=C(COCC(=O)Nc1ccc(OCc2ccccc2)cc1)Nc1ccc(F)cc1. The number of ether oxygens (including phenoxy) is 2. The monoisotopic (exact) mass is 408 g/mol. The summed E-state index contributed by atoms with van der Waals surface area (Å²) in [6, 6.07) is 22.1. The number of carbonyl (C=O) groups excluding carboxylic acids is 2. The minimum Gasteiger partial charge on any atom is -0.489 e. The number of hydrogen-bond donors (Lipinski definition) is 2. The van der Waals surface area contributed by atoms with Crippen LogP contribution in [0.25, 0.3) is 0 Å². The molecule has 7 heteroatoms. The highest BCUT2D eigenvalue weighted by atomic mass is 19.1. The molecule has 0 unspecified atom stereocenters. The third kappa shape index (κ3) is 7.03. The minimum absolute atomic E-state index is 0.275. The molecule has 0 aliphatic heterocycles. The maximum atomic E-state index is 12.8. The Hall–Kier alpha value is -3.71. The van der Waals surface area contributed by atoms with Gasteiger partial charge in [-0.3, -0.25) is 9.59 Å². The lowest BCUT2D eigenvalue weighted by Crippen LogP contribution is -2.23. The van der Waals surface area contributed by atoms with Gasteiger partial charge in [-0.15, -0.1) is 0 Å². The number of anilines is 2. The van der Waals surface area contributed by atoms with Crippen molar-refractivity contribution in [1.29, 1.82) is 0 Å². The van der Waals surface area contributed by atoms with Crippen molar-refractivity contribution in [2.24, 2.45) is 0 Å². The smallest absolute Gasteiger partial charge is 0.250 e. The number of rotatable bonds is 9. The molecular formula is C23H21FN2O4. The van der Waals surface area contributed by atoms with E-state index in [0.717, 1.165) is 5.56 Å². The first-order valence-electron chi connectivity index (χ1n) is 9.28. The summed E-state index contributed by atoms with van der Waals surface area (Å²) in [5.74, 6) is -0.529. The van der Waals surface area contributed by atoms with Gasteiger partial charge in [-0.05, 0) is 54.1 Å². The Kier molecular flexibility index (Phi) is 7.51. The van der Waals surface area contributed by atoms with Crippen molar-refractivity contribution in [3.05, 3.63) is 90.2 Å².